The Morgan fingerprint density at radius 3 is 2.21 bits per heavy atom. The fraction of sp³-hybridized carbons (Fsp3) is 0.0952. The normalized spacial score (nSPS) is 10.4. The van der Waals surface area contributed by atoms with Gasteiger partial charge in [0, 0.05) is 10.2 Å². The van der Waals surface area contributed by atoms with Crippen molar-refractivity contribution in [2.75, 3.05) is 5.32 Å². The average molecular weight is 380 g/mol. The van der Waals surface area contributed by atoms with Crippen molar-refractivity contribution in [3.8, 4) is 0 Å². The second kappa shape index (κ2) is 7.93. The van der Waals surface area contributed by atoms with E-state index in [0.717, 1.165) is 27.7 Å². The molecule has 0 aliphatic rings. The van der Waals surface area contributed by atoms with Gasteiger partial charge in [0.05, 0.1) is 6.42 Å². The van der Waals surface area contributed by atoms with Crippen LogP contribution in [0.5, 0.6) is 0 Å². The molecule has 0 fully saturated rings. The lowest BCUT2D eigenvalue weighted by atomic mass is 10.0. The standard InChI is InChI=1S/C21H18BrNO/c22-19-12-10-17(11-13-19)15-21(24)23-20-9-5-4-8-18(20)14-16-6-2-1-3-7-16/h1-13H,14-15H2,(H,23,24). The van der Waals surface area contributed by atoms with Gasteiger partial charge in [-0.25, -0.2) is 0 Å². The monoisotopic (exact) mass is 379 g/mol. The summed E-state index contributed by atoms with van der Waals surface area (Å²) in [6.07, 6.45) is 1.17. The molecule has 1 amide bonds. The summed E-state index contributed by atoms with van der Waals surface area (Å²) in [6, 6.07) is 26.0. The first-order chi connectivity index (χ1) is 11.7. The summed E-state index contributed by atoms with van der Waals surface area (Å²) in [5.74, 6) is -0.00201. The summed E-state index contributed by atoms with van der Waals surface area (Å²) in [4.78, 5) is 12.3. The van der Waals surface area contributed by atoms with Gasteiger partial charge in [0.1, 0.15) is 0 Å². The van der Waals surface area contributed by atoms with Gasteiger partial charge in [0.2, 0.25) is 5.91 Å². The number of amides is 1. The van der Waals surface area contributed by atoms with Crippen molar-refractivity contribution in [2.45, 2.75) is 12.8 Å². The molecule has 0 saturated heterocycles. The topological polar surface area (TPSA) is 29.1 Å². The van der Waals surface area contributed by atoms with E-state index in [4.69, 9.17) is 0 Å². The molecule has 0 bridgehead atoms. The van der Waals surface area contributed by atoms with Crippen molar-refractivity contribution in [1.82, 2.24) is 0 Å². The van der Waals surface area contributed by atoms with Crippen molar-refractivity contribution in [3.05, 3.63) is 100 Å². The molecule has 0 radical (unpaired) electrons. The van der Waals surface area contributed by atoms with Gasteiger partial charge in [-0.1, -0.05) is 76.6 Å². The van der Waals surface area contributed by atoms with Crippen molar-refractivity contribution in [1.29, 1.82) is 0 Å². The molecule has 0 atom stereocenters. The van der Waals surface area contributed by atoms with Gasteiger partial charge < -0.3 is 5.32 Å². The Hall–Kier alpha value is -2.39. The molecule has 0 heterocycles. The van der Waals surface area contributed by atoms with Crippen LogP contribution in [0.15, 0.2) is 83.3 Å². The Bertz CT molecular complexity index is 813. The van der Waals surface area contributed by atoms with Crippen LogP contribution in [0.4, 0.5) is 5.69 Å². The number of halogens is 1. The highest BCUT2D eigenvalue weighted by Gasteiger charge is 2.08. The number of carbonyl (C=O) groups excluding carboxylic acids is 1. The number of carbonyl (C=O) groups is 1. The van der Waals surface area contributed by atoms with Gasteiger partial charge in [-0.15, -0.1) is 0 Å². The van der Waals surface area contributed by atoms with E-state index in [1.165, 1.54) is 5.56 Å². The Morgan fingerprint density at radius 1 is 0.792 bits per heavy atom. The second-order valence-electron chi connectivity index (χ2n) is 5.67. The molecule has 3 aromatic carbocycles. The smallest absolute Gasteiger partial charge is 0.228 e. The molecule has 120 valence electrons. The molecule has 3 heteroatoms. The van der Waals surface area contributed by atoms with E-state index in [2.05, 4.69) is 39.4 Å². The summed E-state index contributed by atoms with van der Waals surface area (Å²) in [5.41, 5.74) is 4.22. The van der Waals surface area contributed by atoms with Crippen LogP contribution in [0.1, 0.15) is 16.7 Å². The highest BCUT2D eigenvalue weighted by molar-refractivity contribution is 9.10. The maximum atomic E-state index is 12.3. The molecule has 0 unspecified atom stereocenters. The van der Waals surface area contributed by atoms with Crippen LogP contribution >= 0.6 is 15.9 Å². The van der Waals surface area contributed by atoms with Gasteiger partial charge >= 0.3 is 0 Å². The van der Waals surface area contributed by atoms with Crippen molar-refractivity contribution in [3.63, 3.8) is 0 Å². The zero-order valence-electron chi connectivity index (χ0n) is 13.2. The molecule has 3 aromatic rings. The van der Waals surface area contributed by atoms with Gasteiger partial charge in [-0.3, -0.25) is 4.79 Å². The number of hydrogen-bond donors (Lipinski definition) is 1. The summed E-state index contributed by atoms with van der Waals surface area (Å²) in [5, 5.41) is 3.04. The third kappa shape index (κ3) is 4.56. The minimum Gasteiger partial charge on any atom is -0.326 e. The number of benzene rings is 3. The van der Waals surface area contributed by atoms with Crippen LogP contribution in [-0.2, 0) is 17.6 Å². The SMILES string of the molecule is O=C(Cc1ccc(Br)cc1)Nc1ccccc1Cc1ccccc1. The van der Waals surface area contributed by atoms with Crippen molar-refractivity contribution in [2.24, 2.45) is 0 Å². The lowest BCUT2D eigenvalue weighted by molar-refractivity contribution is -0.115. The van der Waals surface area contributed by atoms with E-state index < -0.39 is 0 Å². The molecular formula is C21H18BrNO. The number of hydrogen-bond acceptors (Lipinski definition) is 1. The molecule has 1 N–H and O–H groups in total. The van der Waals surface area contributed by atoms with E-state index in [0.29, 0.717) is 6.42 Å². The first kappa shape index (κ1) is 16.5. The summed E-state index contributed by atoms with van der Waals surface area (Å²) >= 11 is 3.41. The van der Waals surface area contributed by atoms with Crippen LogP contribution in [0.2, 0.25) is 0 Å². The first-order valence-electron chi connectivity index (χ1n) is 7.87. The van der Waals surface area contributed by atoms with Crippen LogP contribution in [0.25, 0.3) is 0 Å². The quantitative estimate of drug-likeness (QED) is 0.646. The molecule has 0 aliphatic heterocycles. The first-order valence-corrected chi connectivity index (χ1v) is 8.66. The zero-order chi connectivity index (χ0) is 16.8. The number of nitrogens with one attached hydrogen (secondary N) is 1. The molecule has 24 heavy (non-hydrogen) atoms. The molecule has 0 aliphatic carbocycles. The predicted octanol–water partition coefficient (Wildman–Crippen LogP) is 5.22. The number of para-hydroxylation sites is 1. The van der Waals surface area contributed by atoms with Crippen LogP contribution in [0.3, 0.4) is 0 Å². The van der Waals surface area contributed by atoms with Crippen molar-refractivity contribution < 1.29 is 4.79 Å². The van der Waals surface area contributed by atoms with Gasteiger partial charge in [-0.05, 0) is 41.3 Å². The molecule has 0 spiro atoms. The minimum atomic E-state index is -0.00201. The minimum absolute atomic E-state index is 0.00201. The lowest BCUT2D eigenvalue weighted by Crippen LogP contribution is -2.15. The fourth-order valence-electron chi connectivity index (χ4n) is 2.59. The molecule has 3 rings (SSSR count). The maximum absolute atomic E-state index is 12.3. The lowest BCUT2D eigenvalue weighted by Gasteiger charge is -2.11. The van der Waals surface area contributed by atoms with Gasteiger partial charge in [0.25, 0.3) is 0 Å². The number of anilines is 1. The van der Waals surface area contributed by atoms with E-state index in [-0.39, 0.29) is 5.91 Å². The second-order valence-corrected chi connectivity index (χ2v) is 6.59. The largest absolute Gasteiger partial charge is 0.326 e. The molecular weight excluding hydrogens is 362 g/mol. The Kier molecular flexibility index (Phi) is 5.44. The van der Waals surface area contributed by atoms with Crippen LogP contribution in [0, 0.1) is 0 Å². The highest BCUT2D eigenvalue weighted by atomic mass is 79.9. The molecule has 0 saturated carbocycles. The Balaban J connectivity index is 1.70. The van der Waals surface area contributed by atoms with E-state index in [1.54, 1.807) is 0 Å². The summed E-state index contributed by atoms with van der Waals surface area (Å²) < 4.78 is 1.01. The highest BCUT2D eigenvalue weighted by Crippen LogP contribution is 2.19. The number of rotatable bonds is 5. The molecule has 0 aromatic heterocycles. The van der Waals surface area contributed by atoms with E-state index in [1.807, 2.05) is 60.7 Å². The van der Waals surface area contributed by atoms with Gasteiger partial charge in [-0.2, -0.15) is 0 Å². The Labute approximate surface area is 150 Å². The van der Waals surface area contributed by atoms with E-state index in [9.17, 15) is 4.79 Å². The van der Waals surface area contributed by atoms with Gasteiger partial charge in [0.15, 0.2) is 0 Å². The van der Waals surface area contributed by atoms with Crippen molar-refractivity contribution >= 4 is 27.5 Å². The predicted molar refractivity (Wildman–Crippen MR) is 102 cm³/mol. The third-order valence-corrected chi connectivity index (χ3v) is 4.34. The van der Waals surface area contributed by atoms with E-state index >= 15 is 0 Å². The molecule has 2 nitrogen and oxygen atoms in total. The third-order valence-electron chi connectivity index (χ3n) is 3.81. The average Bonchev–Trinajstić information content (AvgIpc) is 2.60. The summed E-state index contributed by atoms with van der Waals surface area (Å²) in [7, 11) is 0. The van der Waals surface area contributed by atoms with Crippen LogP contribution < -0.4 is 5.32 Å². The zero-order valence-corrected chi connectivity index (χ0v) is 14.8. The maximum Gasteiger partial charge on any atom is 0.228 e. The Morgan fingerprint density at radius 2 is 1.46 bits per heavy atom. The summed E-state index contributed by atoms with van der Waals surface area (Å²) in [6.45, 7) is 0. The van der Waals surface area contributed by atoms with Crippen LogP contribution in [-0.4, -0.2) is 5.91 Å². The fourth-order valence-corrected chi connectivity index (χ4v) is 2.86.